The van der Waals surface area contributed by atoms with Gasteiger partial charge in [0.25, 0.3) is 5.91 Å². The summed E-state index contributed by atoms with van der Waals surface area (Å²) in [6, 6.07) is 12.0. The molecule has 0 radical (unpaired) electrons. The minimum Gasteiger partial charge on any atom is -0.483 e. The van der Waals surface area contributed by atoms with Crippen LogP contribution in [0.5, 0.6) is 5.75 Å². The van der Waals surface area contributed by atoms with Gasteiger partial charge in [0.2, 0.25) is 0 Å². The lowest BCUT2D eigenvalue weighted by molar-refractivity contribution is -0.139. The van der Waals surface area contributed by atoms with Gasteiger partial charge in [-0.05, 0) is 44.5 Å². The van der Waals surface area contributed by atoms with Gasteiger partial charge < -0.3 is 14.7 Å². The molecule has 1 N–H and O–H groups in total. The summed E-state index contributed by atoms with van der Waals surface area (Å²) >= 11 is 0. The van der Waals surface area contributed by atoms with Crippen LogP contribution in [0.15, 0.2) is 42.5 Å². The van der Waals surface area contributed by atoms with Crippen LogP contribution in [0.25, 0.3) is 0 Å². The van der Waals surface area contributed by atoms with Gasteiger partial charge in [0.15, 0.2) is 6.61 Å². The molecule has 166 valence electrons. The van der Waals surface area contributed by atoms with Gasteiger partial charge in [-0.2, -0.15) is 0 Å². The molecule has 0 aromatic heterocycles. The van der Waals surface area contributed by atoms with E-state index in [-0.39, 0.29) is 36.8 Å². The standard InChI is InChI=1S/C24H29FN2O4/c1-16-4-9-22(20(10-16)11-24(29)30)31-15-23(28)27-13-17(2)26(12-18(27)3)14-19-5-7-21(25)8-6-19/h4-10,17-18H,11-15H2,1-3H3,(H,29,30)/t17-,18+/m0/s1. The van der Waals surface area contributed by atoms with Gasteiger partial charge >= 0.3 is 5.97 Å². The van der Waals surface area contributed by atoms with Gasteiger partial charge in [-0.15, -0.1) is 0 Å². The molecule has 1 heterocycles. The van der Waals surface area contributed by atoms with Crippen molar-refractivity contribution in [1.82, 2.24) is 9.80 Å². The number of hydrogen-bond acceptors (Lipinski definition) is 4. The zero-order valence-electron chi connectivity index (χ0n) is 18.2. The van der Waals surface area contributed by atoms with Crippen LogP contribution < -0.4 is 4.74 Å². The third-order valence-electron chi connectivity index (χ3n) is 5.64. The molecule has 31 heavy (non-hydrogen) atoms. The molecule has 0 bridgehead atoms. The maximum atomic E-state index is 13.1. The minimum atomic E-state index is -0.943. The second-order valence-corrected chi connectivity index (χ2v) is 8.27. The summed E-state index contributed by atoms with van der Waals surface area (Å²) in [4.78, 5) is 28.1. The first-order chi connectivity index (χ1) is 14.7. The normalized spacial score (nSPS) is 19.3. The summed E-state index contributed by atoms with van der Waals surface area (Å²) < 4.78 is 18.9. The molecule has 1 amide bonds. The van der Waals surface area contributed by atoms with E-state index in [4.69, 9.17) is 9.84 Å². The number of carbonyl (C=O) groups is 2. The van der Waals surface area contributed by atoms with Gasteiger partial charge in [0, 0.05) is 37.3 Å². The number of carboxylic acid groups (broad SMARTS) is 1. The molecule has 0 saturated carbocycles. The van der Waals surface area contributed by atoms with Gasteiger partial charge in [-0.3, -0.25) is 14.5 Å². The molecule has 0 unspecified atom stereocenters. The summed E-state index contributed by atoms with van der Waals surface area (Å²) in [6.07, 6.45) is -0.152. The Hall–Kier alpha value is -2.93. The monoisotopic (exact) mass is 428 g/mol. The number of amides is 1. The van der Waals surface area contributed by atoms with E-state index in [0.29, 0.717) is 30.9 Å². The molecule has 1 aliphatic rings. The Morgan fingerprint density at radius 2 is 1.81 bits per heavy atom. The van der Waals surface area contributed by atoms with Crippen LogP contribution >= 0.6 is 0 Å². The maximum absolute atomic E-state index is 13.1. The van der Waals surface area contributed by atoms with Crippen molar-refractivity contribution in [3.05, 3.63) is 65.0 Å². The number of aliphatic carboxylic acids is 1. The quantitative estimate of drug-likeness (QED) is 0.733. The SMILES string of the molecule is Cc1ccc(OCC(=O)N2C[C@H](C)N(Cc3ccc(F)cc3)C[C@H]2C)c(CC(=O)O)c1. The van der Waals surface area contributed by atoms with E-state index in [2.05, 4.69) is 11.8 Å². The van der Waals surface area contributed by atoms with Crippen LogP contribution in [0.3, 0.4) is 0 Å². The first-order valence-corrected chi connectivity index (χ1v) is 10.4. The molecular formula is C24H29FN2O4. The minimum absolute atomic E-state index is 0.00394. The number of piperazine rings is 1. The highest BCUT2D eigenvalue weighted by molar-refractivity contribution is 5.78. The molecule has 0 aliphatic carbocycles. The van der Waals surface area contributed by atoms with Gasteiger partial charge in [0.1, 0.15) is 11.6 Å². The van der Waals surface area contributed by atoms with E-state index in [1.807, 2.05) is 24.8 Å². The molecular weight excluding hydrogens is 399 g/mol. The van der Waals surface area contributed by atoms with Crippen LogP contribution in [-0.4, -0.2) is 58.6 Å². The predicted octanol–water partition coefficient (Wildman–Crippen LogP) is 3.26. The fourth-order valence-electron chi connectivity index (χ4n) is 3.96. The van der Waals surface area contributed by atoms with E-state index in [0.717, 1.165) is 11.1 Å². The number of rotatable bonds is 7. The van der Waals surface area contributed by atoms with Crippen molar-refractivity contribution in [1.29, 1.82) is 0 Å². The van der Waals surface area contributed by atoms with Gasteiger partial charge in [-0.1, -0.05) is 29.8 Å². The van der Waals surface area contributed by atoms with Crippen molar-refractivity contribution < 1.29 is 23.8 Å². The first kappa shape index (κ1) is 22.7. The molecule has 2 aromatic carbocycles. The van der Waals surface area contributed by atoms with Crippen molar-refractivity contribution in [3.8, 4) is 5.75 Å². The summed E-state index contributed by atoms with van der Waals surface area (Å²) in [5.74, 6) is -0.887. The highest BCUT2D eigenvalue weighted by Gasteiger charge is 2.32. The number of hydrogen-bond donors (Lipinski definition) is 1. The Labute approximate surface area is 182 Å². The average molecular weight is 429 g/mol. The Morgan fingerprint density at radius 3 is 2.48 bits per heavy atom. The fourth-order valence-corrected chi connectivity index (χ4v) is 3.96. The molecule has 2 aromatic rings. The van der Waals surface area contributed by atoms with Crippen molar-refractivity contribution in [2.24, 2.45) is 0 Å². The van der Waals surface area contributed by atoms with E-state index in [9.17, 15) is 14.0 Å². The fraction of sp³-hybridized carbons (Fsp3) is 0.417. The molecule has 0 spiro atoms. The average Bonchev–Trinajstić information content (AvgIpc) is 2.71. The maximum Gasteiger partial charge on any atom is 0.307 e. The number of halogens is 1. The number of carboxylic acids is 1. The van der Waals surface area contributed by atoms with Crippen LogP contribution in [0, 0.1) is 12.7 Å². The molecule has 2 atom stereocenters. The number of benzene rings is 2. The number of ether oxygens (including phenoxy) is 1. The second kappa shape index (κ2) is 9.92. The van der Waals surface area contributed by atoms with Crippen molar-refractivity contribution in [3.63, 3.8) is 0 Å². The van der Waals surface area contributed by atoms with Crippen molar-refractivity contribution >= 4 is 11.9 Å². The van der Waals surface area contributed by atoms with Gasteiger partial charge in [-0.25, -0.2) is 4.39 Å². The lowest BCUT2D eigenvalue weighted by Gasteiger charge is -2.44. The molecule has 7 heteroatoms. The van der Waals surface area contributed by atoms with E-state index < -0.39 is 5.97 Å². The number of aryl methyl sites for hydroxylation is 1. The van der Waals surface area contributed by atoms with Gasteiger partial charge in [0.05, 0.1) is 6.42 Å². The third-order valence-corrected chi connectivity index (χ3v) is 5.64. The molecule has 1 fully saturated rings. The highest BCUT2D eigenvalue weighted by Crippen LogP contribution is 2.22. The number of carbonyl (C=O) groups excluding carboxylic acids is 1. The molecule has 1 saturated heterocycles. The largest absolute Gasteiger partial charge is 0.483 e. The molecule has 1 aliphatic heterocycles. The van der Waals surface area contributed by atoms with Crippen LogP contribution in [0.2, 0.25) is 0 Å². The van der Waals surface area contributed by atoms with Crippen LogP contribution in [-0.2, 0) is 22.6 Å². The van der Waals surface area contributed by atoms with Crippen LogP contribution in [0.4, 0.5) is 4.39 Å². The summed E-state index contributed by atoms with van der Waals surface area (Å²) in [6.45, 7) is 7.80. The zero-order valence-corrected chi connectivity index (χ0v) is 18.2. The Bertz CT molecular complexity index is 932. The molecule has 6 nitrogen and oxygen atoms in total. The van der Waals surface area contributed by atoms with E-state index in [1.165, 1.54) is 12.1 Å². The number of nitrogens with zero attached hydrogens (tertiary/aromatic N) is 2. The summed E-state index contributed by atoms with van der Waals surface area (Å²) in [7, 11) is 0. The summed E-state index contributed by atoms with van der Waals surface area (Å²) in [5.41, 5.74) is 2.54. The van der Waals surface area contributed by atoms with E-state index in [1.54, 1.807) is 24.3 Å². The molecule has 3 rings (SSSR count). The first-order valence-electron chi connectivity index (χ1n) is 10.4. The highest BCUT2D eigenvalue weighted by atomic mass is 19.1. The Balaban J connectivity index is 1.59. The topological polar surface area (TPSA) is 70.1 Å². The predicted molar refractivity (Wildman–Crippen MR) is 115 cm³/mol. The Kier molecular flexibility index (Phi) is 7.28. The second-order valence-electron chi connectivity index (χ2n) is 8.27. The van der Waals surface area contributed by atoms with Crippen molar-refractivity contribution in [2.45, 2.75) is 45.8 Å². The van der Waals surface area contributed by atoms with Crippen LogP contribution in [0.1, 0.15) is 30.5 Å². The Morgan fingerprint density at radius 1 is 1.10 bits per heavy atom. The van der Waals surface area contributed by atoms with Crippen molar-refractivity contribution in [2.75, 3.05) is 19.7 Å². The third kappa shape index (κ3) is 6.04. The lowest BCUT2D eigenvalue weighted by atomic mass is 10.1. The zero-order chi connectivity index (χ0) is 22.5. The lowest BCUT2D eigenvalue weighted by Crippen LogP contribution is -2.58. The smallest absolute Gasteiger partial charge is 0.307 e. The van der Waals surface area contributed by atoms with E-state index >= 15 is 0 Å². The summed E-state index contributed by atoms with van der Waals surface area (Å²) in [5, 5.41) is 9.12.